The standard InChI is InChI=1S/C15H21N3O2/c1-4-13(19)12-7-5-6-8-14(12)20-9-15-16-10-17-18(15)11(2)3/h5-8,10-11,13,19H,4,9H2,1-3H3/t13-/m0/s1. The van der Waals surface area contributed by atoms with Gasteiger partial charge in [-0.15, -0.1) is 0 Å². The summed E-state index contributed by atoms with van der Waals surface area (Å²) in [5.74, 6) is 1.47. The molecule has 1 atom stereocenters. The minimum Gasteiger partial charge on any atom is -0.485 e. The van der Waals surface area contributed by atoms with Gasteiger partial charge in [0.05, 0.1) is 6.10 Å². The third kappa shape index (κ3) is 3.17. The van der Waals surface area contributed by atoms with Crippen LogP contribution in [0.2, 0.25) is 0 Å². The zero-order valence-corrected chi connectivity index (χ0v) is 12.2. The number of aliphatic hydroxyl groups excluding tert-OH is 1. The van der Waals surface area contributed by atoms with Gasteiger partial charge in [-0.05, 0) is 26.3 Å². The van der Waals surface area contributed by atoms with E-state index in [9.17, 15) is 5.11 Å². The zero-order valence-electron chi connectivity index (χ0n) is 12.2. The second kappa shape index (κ2) is 6.52. The van der Waals surface area contributed by atoms with Gasteiger partial charge in [0.1, 0.15) is 18.7 Å². The molecular formula is C15H21N3O2. The van der Waals surface area contributed by atoms with E-state index >= 15 is 0 Å². The van der Waals surface area contributed by atoms with Crippen LogP contribution in [0.1, 0.15) is 50.7 Å². The van der Waals surface area contributed by atoms with Gasteiger partial charge in [-0.1, -0.05) is 25.1 Å². The quantitative estimate of drug-likeness (QED) is 0.880. The summed E-state index contributed by atoms with van der Waals surface area (Å²) in [4.78, 5) is 4.21. The Morgan fingerprint density at radius 1 is 1.30 bits per heavy atom. The Morgan fingerprint density at radius 3 is 2.75 bits per heavy atom. The predicted octanol–water partition coefficient (Wildman–Crippen LogP) is 2.88. The number of aromatic nitrogens is 3. The highest BCUT2D eigenvalue weighted by Crippen LogP contribution is 2.27. The molecule has 108 valence electrons. The largest absolute Gasteiger partial charge is 0.485 e. The van der Waals surface area contributed by atoms with Crippen molar-refractivity contribution in [3.63, 3.8) is 0 Å². The molecule has 0 fully saturated rings. The number of hydrogen-bond acceptors (Lipinski definition) is 4. The SMILES string of the molecule is CC[C@H](O)c1ccccc1OCc1ncnn1C(C)C. The Hall–Kier alpha value is -1.88. The van der Waals surface area contributed by atoms with Crippen molar-refractivity contribution in [2.75, 3.05) is 0 Å². The maximum absolute atomic E-state index is 10.00. The molecule has 0 unspecified atom stereocenters. The molecule has 2 aromatic rings. The number of para-hydroxylation sites is 1. The van der Waals surface area contributed by atoms with Gasteiger partial charge in [0, 0.05) is 11.6 Å². The molecule has 0 aliphatic rings. The molecule has 0 amide bonds. The van der Waals surface area contributed by atoms with Crippen molar-refractivity contribution in [3.8, 4) is 5.75 Å². The van der Waals surface area contributed by atoms with Crippen LogP contribution in [0, 0.1) is 0 Å². The van der Waals surface area contributed by atoms with Gasteiger partial charge in [0.25, 0.3) is 0 Å². The second-order valence-corrected chi connectivity index (χ2v) is 4.97. The number of aliphatic hydroxyl groups is 1. The third-order valence-corrected chi connectivity index (χ3v) is 3.16. The van der Waals surface area contributed by atoms with Crippen molar-refractivity contribution in [3.05, 3.63) is 42.0 Å². The molecule has 1 aromatic heterocycles. The van der Waals surface area contributed by atoms with Crippen molar-refractivity contribution >= 4 is 0 Å². The van der Waals surface area contributed by atoms with Crippen LogP contribution in [0.25, 0.3) is 0 Å². The van der Waals surface area contributed by atoms with Crippen LogP contribution >= 0.6 is 0 Å². The highest BCUT2D eigenvalue weighted by Gasteiger charge is 2.13. The summed E-state index contributed by atoms with van der Waals surface area (Å²) in [6.07, 6.45) is 1.68. The van der Waals surface area contributed by atoms with Crippen LogP contribution in [0.4, 0.5) is 0 Å². The first-order valence-electron chi connectivity index (χ1n) is 6.91. The second-order valence-electron chi connectivity index (χ2n) is 4.97. The van der Waals surface area contributed by atoms with Crippen molar-refractivity contribution < 1.29 is 9.84 Å². The molecule has 0 aliphatic heterocycles. The van der Waals surface area contributed by atoms with Gasteiger partial charge >= 0.3 is 0 Å². The molecule has 1 aromatic carbocycles. The van der Waals surface area contributed by atoms with E-state index in [-0.39, 0.29) is 6.04 Å². The van der Waals surface area contributed by atoms with E-state index in [0.717, 1.165) is 11.4 Å². The molecule has 0 saturated heterocycles. The summed E-state index contributed by atoms with van der Waals surface area (Å²) in [6.45, 7) is 6.38. The van der Waals surface area contributed by atoms with E-state index in [1.807, 2.05) is 49.7 Å². The summed E-state index contributed by atoms with van der Waals surface area (Å²) >= 11 is 0. The van der Waals surface area contributed by atoms with E-state index < -0.39 is 6.10 Å². The topological polar surface area (TPSA) is 60.2 Å². The van der Waals surface area contributed by atoms with Crippen molar-refractivity contribution in [2.24, 2.45) is 0 Å². The van der Waals surface area contributed by atoms with E-state index in [2.05, 4.69) is 10.1 Å². The maximum atomic E-state index is 10.00. The van der Waals surface area contributed by atoms with Gasteiger partial charge in [0.15, 0.2) is 5.82 Å². The zero-order chi connectivity index (χ0) is 14.5. The first kappa shape index (κ1) is 14.5. The minimum absolute atomic E-state index is 0.243. The van der Waals surface area contributed by atoms with E-state index in [0.29, 0.717) is 18.8 Å². The molecule has 5 nitrogen and oxygen atoms in total. The summed E-state index contributed by atoms with van der Waals surface area (Å²) in [5, 5.41) is 14.2. The molecular weight excluding hydrogens is 254 g/mol. The number of benzene rings is 1. The first-order valence-corrected chi connectivity index (χ1v) is 6.91. The highest BCUT2D eigenvalue weighted by molar-refractivity contribution is 5.35. The van der Waals surface area contributed by atoms with Gasteiger partial charge in [-0.3, -0.25) is 0 Å². The third-order valence-electron chi connectivity index (χ3n) is 3.16. The lowest BCUT2D eigenvalue weighted by Gasteiger charge is -2.15. The minimum atomic E-state index is -0.505. The summed E-state index contributed by atoms with van der Waals surface area (Å²) < 4.78 is 7.64. The Kier molecular flexibility index (Phi) is 4.74. The number of nitrogens with zero attached hydrogens (tertiary/aromatic N) is 3. The molecule has 0 spiro atoms. The average Bonchev–Trinajstić information content (AvgIpc) is 2.93. The van der Waals surface area contributed by atoms with Crippen molar-refractivity contribution in [2.45, 2.75) is 45.9 Å². The van der Waals surface area contributed by atoms with Crippen LogP contribution in [0.15, 0.2) is 30.6 Å². The maximum Gasteiger partial charge on any atom is 0.165 e. The fourth-order valence-corrected chi connectivity index (χ4v) is 2.06. The molecule has 1 N–H and O–H groups in total. The smallest absolute Gasteiger partial charge is 0.165 e. The number of ether oxygens (including phenoxy) is 1. The molecule has 20 heavy (non-hydrogen) atoms. The highest BCUT2D eigenvalue weighted by atomic mass is 16.5. The summed E-state index contributed by atoms with van der Waals surface area (Å²) in [6, 6.07) is 7.79. The van der Waals surface area contributed by atoms with Gasteiger partial charge in [-0.25, -0.2) is 9.67 Å². The molecule has 0 radical (unpaired) electrons. The van der Waals surface area contributed by atoms with Crippen LogP contribution in [0.5, 0.6) is 5.75 Å². The van der Waals surface area contributed by atoms with Gasteiger partial charge < -0.3 is 9.84 Å². The fourth-order valence-electron chi connectivity index (χ4n) is 2.06. The summed E-state index contributed by atoms with van der Waals surface area (Å²) in [5.41, 5.74) is 0.811. The van der Waals surface area contributed by atoms with E-state index in [4.69, 9.17) is 4.74 Å². The number of hydrogen-bond donors (Lipinski definition) is 1. The fraction of sp³-hybridized carbons (Fsp3) is 0.467. The number of rotatable bonds is 6. The Labute approximate surface area is 119 Å². The lowest BCUT2D eigenvalue weighted by atomic mass is 10.1. The Balaban J connectivity index is 2.13. The Bertz CT molecular complexity index is 552. The van der Waals surface area contributed by atoms with E-state index in [1.54, 1.807) is 0 Å². The molecule has 2 rings (SSSR count). The van der Waals surface area contributed by atoms with Gasteiger partial charge in [-0.2, -0.15) is 5.10 Å². The summed E-state index contributed by atoms with van der Waals surface area (Å²) in [7, 11) is 0. The molecule has 0 bridgehead atoms. The molecule has 0 saturated carbocycles. The van der Waals surface area contributed by atoms with Crippen LogP contribution in [-0.4, -0.2) is 19.9 Å². The molecule has 0 aliphatic carbocycles. The van der Waals surface area contributed by atoms with Crippen LogP contribution < -0.4 is 4.74 Å². The van der Waals surface area contributed by atoms with E-state index in [1.165, 1.54) is 6.33 Å². The van der Waals surface area contributed by atoms with Crippen molar-refractivity contribution in [1.82, 2.24) is 14.8 Å². The van der Waals surface area contributed by atoms with Crippen LogP contribution in [-0.2, 0) is 6.61 Å². The first-order chi connectivity index (χ1) is 9.63. The lowest BCUT2D eigenvalue weighted by molar-refractivity contribution is 0.165. The molecule has 1 heterocycles. The van der Waals surface area contributed by atoms with Crippen LogP contribution in [0.3, 0.4) is 0 Å². The Morgan fingerprint density at radius 2 is 2.05 bits per heavy atom. The van der Waals surface area contributed by atoms with Crippen molar-refractivity contribution in [1.29, 1.82) is 0 Å². The normalized spacial score (nSPS) is 12.7. The monoisotopic (exact) mass is 275 g/mol. The molecule has 5 heteroatoms. The van der Waals surface area contributed by atoms with Gasteiger partial charge in [0.2, 0.25) is 0 Å². The average molecular weight is 275 g/mol. The lowest BCUT2D eigenvalue weighted by Crippen LogP contribution is -2.11. The predicted molar refractivity (Wildman–Crippen MR) is 76.4 cm³/mol.